The minimum absolute atomic E-state index is 0.0499. The van der Waals surface area contributed by atoms with Crippen LogP contribution in [0, 0.1) is 15.9 Å². The fraction of sp³-hybridized carbons (Fsp3) is 0.0714. The normalized spacial score (nSPS) is 10.2. The lowest BCUT2D eigenvalue weighted by molar-refractivity contribution is -0.384. The number of rotatable bonds is 5. The van der Waals surface area contributed by atoms with E-state index in [1.165, 1.54) is 30.3 Å². The molecule has 0 unspecified atom stereocenters. The van der Waals surface area contributed by atoms with E-state index in [0.29, 0.717) is 14.6 Å². The monoisotopic (exact) mass is 446 g/mol. The first-order chi connectivity index (χ1) is 10.9. The average molecular weight is 448 g/mol. The van der Waals surface area contributed by atoms with Gasteiger partial charge in [-0.05, 0) is 40.2 Å². The third-order valence-electron chi connectivity index (χ3n) is 2.69. The van der Waals surface area contributed by atoms with Gasteiger partial charge in [0.15, 0.2) is 18.2 Å². The molecule has 0 radical (unpaired) electrons. The largest absolute Gasteiger partial charge is 0.481 e. The van der Waals surface area contributed by atoms with Gasteiger partial charge < -0.3 is 10.1 Å². The van der Waals surface area contributed by atoms with Crippen LogP contribution in [0.2, 0.25) is 0 Å². The quantitative estimate of drug-likeness (QED) is 0.548. The van der Waals surface area contributed by atoms with E-state index in [1.807, 2.05) is 0 Å². The van der Waals surface area contributed by atoms with Gasteiger partial charge in [-0.1, -0.05) is 15.9 Å². The van der Waals surface area contributed by atoms with E-state index in [1.54, 1.807) is 6.07 Å². The molecule has 0 aliphatic heterocycles. The summed E-state index contributed by atoms with van der Waals surface area (Å²) in [5.74, 6) is -1.17. The van der Waals surface area contributed by atoms with Gasteiger partial charge in [0.25, 0.3) is 11.6 Å². The number of anilines is 1. The van der Waals surface area contributed by atoms with Gasteiger partial charge in [-0.3, -0.25) is 14.9 Å². The van der Waals surface area contributed by atoms with E-state index in [0.717, 1.165) is 0 Å². The Balaban J connectivity index is 1.98. The molecule has 23 heavy (non-hydrogen) atoms. The van der Waals surface area contributed by atoms with Crippen molar-refractivity contribution in [3.8, 4) is 5.75 Å². The summed E-state index contributed by atoms with van der Waals surface area (Å²) in [7, 11) is 0. The Morgan fingerprint density at radius 1 is 1.26 bits per heavy atom. The Bertz CT molecular complexity index is 770. The van der Waals surface area contributed by atoms with Crippen molar-refractivity contribution in [3.63, 3.8) is 0 Å². The van der Waals surface area contributed by atoms with Crippen molar-refractivity contribution in [1.82, 2.24) is 0 Å². The van der Waals surface area contributed by atoms with Crippen molar-refractivity contribution in [2.24, 2.45) is 0 Å². The highest BCUT2D eigenvalue weighted by molar-refractivity contribution is 9.10. The second kappa shape index (κ2) is 7.51. The number of hydrogen-bond acceptors (Lipinski definition) is 4. The third kappa shape index (κ3) is 4.73. The van der Waals surface area contributed by atoms with Crippen LogP contribution in [0.15, 0.2) is 45.3 Å². The number of carbonyl (C=O) groups is 1. The number of amides is 1. The zero-order chi connectivity index (χ0) is 17.0. The van der Waals surface area contributed by atoms with Gasteiger partial charge >= 0.3 is 0 Å². The molecule has 0 saturated heterocycles. The number of nitrogens with zero attached hydrogens (tertiary/aromatic N) is 1. The molecular weight excluding hydrogens is 439 g/mol. The van der Waals surface area contributed by atoms with E-state index in [4.69, 9.17) is 4.74 Å². The molecule has 0 aliphatic carbocycles. The number of nitro groups is 1. The fourth-order valence-electron chi connectivity index (χ4n) is 1.64. The van der Waals surface area contributed by atoms with E-state index in [9.17, 15) is 19.3 Å². The first-order valence-electron chi connectivity index (χ1n) is 6.18. The average Bonchev–Trinajstić information content (AvgIpc) is 2.48. The van der Waals surface area contributed by atoms with Crippen LogP contribution in [0.3, 0.4) is 0 Å². The summed E-state index contributed by atoms with van der Waals surface area (Å²) in [6, 6.07) is 8.12. The van der Waals surface area contributed by atoms with Crippen LogP contribution < -0.4 is 10.1 Å². The highest BCUT2D eigenvalue weighted by Gasteiger charge is 2.12. The summed E-state index contributed by atoms with van der Waals surface area (Å²) < 4.78 is 19.6. The molecule has 0 aromatic heterocycles. The zero-order valence-corrected chi connectivity index (χ0v) is 14.6. The molecule has 0 heterocycles. The molecule has 2 aromatic carbocycles. The van der Waals surface area contributed by atoms with E-state index >= 15 is 0 Å². The molecular formula is C14H9Br2FN2O4. The van der Waals surface area contributed by atoms with Gasteiger partial charge in [-0.2, -0.15) is 0 Å². The summed E-state index contributed by atoms with van der Waals surface area (Å²) in [5, 5.41) is 13.2. The fourth-order valence-corrected chi connectivity index (χ4v) is 2.44. The molecule has 0 fully saturated rings. The third-order valence-corrected chi connectivity index (χ3v) is 3.84. The lowest BCUT2D eigenvalue weighted by Crippen LogP contribution is -2.20. The van der Waals surface area contributed by atoms with Crippen molar-refractivity contribution in [1.29, 1.82) is 0 Å². The molecule has 2 aromatic rings. The Morgan fingerprint density at radius 3 is 2.61 bits per heavy atom. The maximum atomic E-state index is 13.6. The van der Waals surface area contributed by atoms with Gasteiger partial charge in [0.2, 0.25) is 0 Å². The second-order valence-electron chi connectivity index (χ2n) is 4.33. The highest BCUT2D eigenvalue weighted by Crippen LogP contribution is 2.27. The van der Waals surface area contributed by atoms with E-state index < -0.39 is 23.3 Å². The molecule has 0 spiro atoms. The van der Waals surface area contributed by atoms with Crippen LogP contribution in [0.25, 0.3) is 0 Å². The number of nitrogens with one attached hydrogen (secondary N) is 1. The maximum absolute atomic E-state index is 13.6. The van der Waals surface area contributed by atoms with Crippen molar-refractivity contribution in [3.05, 3.63) is 61.3 Å². The lowest BCUT2D eigenvalue weighted by Gasteiger charge is -2.09. The number of carbonyl (C=O) groups excluding carboxylic acids is 1. The number of nitro benzene ring substituents is 1. The van der Waals surface area contributed by atoms with E-state index in [-0.39, 0.29) is 11.4 Å². The summed E-state index contributed by atoms with van der Waals surface area (Å²) in [5.41, 5.74) is 0.239. The van der Waals surface area contributed by atoms with E-state index in [2.05, 4.69) is 37.2 Å². The van der Waals surface area contributed by atoms with Gasteiger partial charge in [0.1, 0.15) is 0 Å². The molecule has 2 rings (SSSR count). The number of benzene rings is 2. The van der Waals surface area contributed by atoms with Crippen molar-refractivity contribution in [2.45, 2.75) is 0 Å². The number of hydrogen-bond donors (Lipinski definition) is 1. The summed E-state index contributed by atoms with van der Waals surface area (Å²) in [4.78, 5) is 21.9. The summed E-state index contributed by atoms with van der Waals surface area (Å²) >= 11 is 6.25. The van der Waals surface area contributed by atoms with Crippen LogP contribution in [-0.2, 0) is 4.79 Å². The summed E-state index contributed by atoms with van der Waals surface area (Å²) in [6.45, 7) is -0.401. The molecule has 0 aliphatic rings. The molecule has 6 nitrogen and oxygen atoms in total. The zero-order valence-electron chi connectivity index (χ0n) is 11.4. The van der Waals surface area contributed by atoms with Gasteiger partial charge in [0, 0.05) is 21.1 Å². The minimum Gasteiger partial charge on any atom is -0.481 e. The molecule has 120 valence electrons. The van der Waals surface area contributed by atoms with Gasteiger partial charge in [-0.25, -0.2) is 4.39 Å². The topological polar surface area (TPSA) is 81.5 Å². The summed E-state index contributed by atoms with van der Waals surface area (Å²) in [6.07, 6.45) is 0. The maximum Gasteiger partial charge on any atom is 0.270 e. The van der Waals surface area contributed by atoms with Crippen LogP contribution >= 0.6 is 31.9 Å². The Hall–Kier alpha value is -2.00. The molecule has 0 saturated carbocycles. The number of non-ortho nitro benzene ring substituents is 1. The lowest BCUT2D eigenvalue weighted by atomic mass is 10.3. The Morgan fingerprint density at radius 2 is 2.00 bits per heavy atom. The standard InChI is InChI=1S/C14H9Br2FN2O4/c15-8-1-4-13(11(17)5-8)23-7-14(20)18-12-3-2-9(19(21)22)6-10(12)16/h1-6H,7H2,(H,18,20). The van der Waals surface area contributed by atoms with Crippen molar-refractivity contribution >= 4 is 49.1 Å². The minimum atomic E-state index is -0.594. The van der Waals surface area contributed by atoms with Gasteiger partial charge in [-0.15, -0.1) is 0 Å². The number of halogens is 3. The first kappa shape index (κ1) is 17.4. The predicted octanol–water partition coefficient (Wildman–Crippen LogP) is 4.28. The predicted molar refractivity (Wildman–Crippen MR) is 89.0 cm³/mol. The smallest absolute Gasteiger partial charge is 0.270 e. The Labute approximate surface area is 147 Å². The van der Waals surface area contributed by atoms with Crippen molar-refractivity contribution in [2.75, 3.05) is 11.9 Å². The van der Waals surface area contributed by atoms with Gasteiger partial charge in [0.05, 0.1) is 10.6 Å². The van der Waals surface area contributed by atoms with Crippen LogP contribution in [0.4, 0.5) is 15.8 Å². The molecule has 0 atom stereocenters. The molecule has 0 bridgehead atoms. The molecule has 9 heteroatoms. The second-order valence-corrected chi connectivity index (χ2v) is 6.10. The Kier molecular flexibility index (Phi) is 5.67. The number of ether oxygens (including phenoxy) is 1. The highest BCUT2D eigenvalue weighted by atomic mass is 79.9. The van der Waals surface area contributed by atoms with Crippen LogP contribution in [0.5, 0.6) is 5.75 Å². The van der Waals surface area contributed by atoms with Crippen LogP contribution in [0.1, 0.15) is 0 Å². The molecule has 1 N–H and O–H groups in total. The first-order valence-corrected chi connectivity index (χ1v) is 7.77. The van der Waals surface area contributed by atoms with Crippen LogP contribution in [-0.4, -0.2) is 17.4 Å². The van der Waals surface area contributed by atoms with Crippen molar-refractivity contribution < 1.29 is 18.8 Å². The SMILES string of the molecule is O=C(COc1ccc(Br)cc1F)Nc1ccc([N+](=O)[O-])cc1Br. The molecule has 1 amide bonds.